The monoisotopic (exact) mass is 508 g/mol. The quantitative estimate of drug-likeness (QED) is 0.313. The zero-order chi connectivity index (χ0) is 25.8. The smallest absolute Gasteiger partial charge is 0.261 e. The molecule has 7 heteroatoms. The molecule has 36 heavy (non-hydrogen) atoms. The van der Waals surface area contributed by atoms with Gasteiger partial charge in [0.15, 0.2) is 6.61 Å². The molecular weight excluding hydrogens is 476 g/mol. The molecule has 0 spiro atoms. The van der Waals surface area contributed by atoms with E-state index < -0.39 is 6.04 Å². The predicted molar refractivity (Wildman–Crippen MR) is 142 cm³/mol. The van der Waals surface area contributed by atoms with E-state index in [9.17, 15) is 9.59 Å². The van der Waals surface area contributed by atoms with Crippen molar-refractivity contribution in [1.29, 1.82) is 0 Å². The number of carbonyl (C=O) groups is 2. The molecule has 6 nitrogen and oxygen atoms in total. The van der Waals surface area contributed by atoms with Gasteiger partial charge in [0.1, 0.15) is 11.8 Å². The molecule has 1 N–H and O–H groups in total. The normalized spacial score (nSPS) is 11.7. The van der Waals surface area contributed by atoms with Gasteiger partial charge in [-0.25, -0.2) is 0 Å². The summed E-state index contributed by atoms with van der Waals surface area (Å²) in [5.41, 5.74) is 1.57. The molecule has 0 aliphatic carbocycles. The van der Waals surface area contributed by atoms with E-state index in [4.69, 9.17) is 21.1 Å². The SMILES string of the molecule is CC(C)OCCCNC(=O)[C@@H](c1ccccc1)N(Cc1ccc(Cl)cc1)C(=O)COc1ccccc1. The van der Waals surface area contributed by atoms with Gasteiger partial charge < -0.3 is 19.7 Å². The lowest BCUT2D eigenvalue weighted by molar-refractivity contribution is -0.143. The van der Waals surface area contributed by atoms with Crippen LogP contribution in [0.3, 0.4) is 0 Å². The van der Waals surface area contributed by atoms with Crippen LogP contribution in [0.4, 0.5) is 0 Å². The maximum Gasteiger partial charge on any atom is 0.261 e. The number of ether oxygens (including phenoxy) is 2. The molecule has 0 heterocycles. The average molecular weight is 509 g/mol. The minimum atomic E-state index is -0.834. The van der Waals surface area contributed by atoms with Crippen LogP contribution < -0.4 is 10.1 Å². The fourth-order valence-electron chi connectivity index (χ4n) is 3.66. The number of para-hydroxylation sites is 1. The van der Waals surface area contributed by atoms with Gasteiger partial charge in [-0.3, -0.25) is 9.59 Å². The summed E-state index contributed by atoms with van der Waals surface area (Å²) in [6.45, 7) is 4.96. The molecule has 0 fully saturated rings. The van der Waals surface area contributed by atoms with E-state index in [1.165, 1.54) is 0 Å². The molecule has 190 valence electrons. The summed E-state index contributed by atoms with van der Waals surface area (Å²) in [7, 11) is 0. The Morgan fingerprint density at radius 3 is 2.19 bits per heavy atom. The van der Waals surface area contributed by atoms with Crippen molar-refractivity contribution in [1.82, 2.24) is 10.2 Å². The molecule has 1 atom stereocenters. The summed E-state index contributed by atoms with van der Waals surface area (Å²) in [4.78, 5) is 28.6. The van der Waals surface area contributed by atoms with E-state index in [1.54, 1.807) is 29.2 Å². The number of nitrogens with zero attached hydrogens (tertiary/aromatic N) is 1. The number of amides is 2. The fraction of sp³-hybridized carbons (Fsp3) is 0.310. The van der Waals surface area contributed by atoms with Gasteiger partial charge in [-0.2, -0.15) is 0 Å². The second-order valence-electron chi connectivity index (χ2n) is 8.63. The van der Waals surface area contributed by atoms with Gasteiger partial charge in [-0.15, -0.1) is 0 Å². The van der Waals surface area contributed by atoms with E-state index in [-0.39, 0.29) is 31.1 Å². The van der Waals surface area contributed by atoms with Crippen LogP contribution in [0.25, 0.3) is 0 Å². The molecule has 0 unspecified atom stereocenters. The first-order valence-electron chi connectivity index (χ1n) is 12.1. The van der Waals surface area contributed by atoms with Crippen LogP contribution in [0.2, 0.25) is 5.02 Å². The molecule has 3 aromatic carbocycles. The number of benzene rings is 3. The predicted octanol–water partition coefficient (Wildman–Crippen LogP) is 5.42. The Balaban J connectivity index is 1.83. The van der Waals surface area contributed by atoms with Crippen LogP contribution in [0.1, 0.15) is 37.4 Å². The zero-order valence-corrected chi connectivity index (χ0v) is 21.5. The summed E-state index contributed by atoms with van der Waals surface area (Å²) in [6.07, 6.45) is 0.808. The number of hydrogen-bond donors (Lipinski definition) is 1. The highest BCUT2D eigenvalue weighted by Crippen LogP contribution is 2.25. The van der Waals surface area contributed by atoms with Crippen molar-refractivity contribution in [2.45, 2.75) is 39.0 Å². The number of rotatable bonds is 13. The Morgan fingerprint density at radius 2 is 1.56 bits per heavy atom. The lowest BCUT2D eigenvalue weighted by Gasteiger charge is -2.31. The van der Waals surface area contributed by atoms with Gasteiger partial charge in [0.05, 0.1) is 6.10 Å². The van der Waals surface area contributed by atoms with Crippen LogP contribution in [0, 0.1) is 0 Å². The second kappa shape index (κ2) is 14.3. The molecule has 0 saturated heterocycles. The molecule has 3 rings (SSSR count). The van der Waals surface area contributed by atoms with Gasteiger partial charge in [-0.1, -0.05) is 72.3 Å². The van der Waals surface area contributed by atoms with Crippen molar-refractivity contribution in [3.05, 3.63) is 101 Å². The Hall–Kier alpha value is -3.35. The summed E-state index contributed by atoms with van der Waals surface area (Å²) in [5, 5.41) is 3.59. The molecular formula is C29H33ClN2O4. The van der Waals surface area contributed by atoms with E-state index in [2.05, 4.69) is 5.32 Å². The lowest BCUT2D eigenvalue weighted by atomic mass is 10.0. The van der Waals surface area contributed by atoms with Crippen LogP contribution in [0.15, 0.2) is 84.9 Å². The van der Waals surface area contributed by atoms with Gasteiger partial charge in [0.25, 0.3) is 5.91 Å². The molecule has 0 bridgehead atoms. The molecule has 0 aliphatic rings. The first kappa shape index (κ1) is 27.2. The highest BCUT2D eigenvalue weighted by molar-refractivity contribution is 6.30. The summed E-state index contributed by atoms with van der Waals surface area (Å²) in [5.74, 6) is 0.0249. The van der Waals surface area contributed by atoms with Crippen molar-refractivity contribution >= 4 is 23.4 Å². The average Bonchev–Trinajstić information content (AvgIpc) is 2.89. The first-order valence-corrected chi connectivity index (χ1v) is 12.5. The number of hydrogen-bond acceptors (Lipinski definition) is 4. The lowest BCUT2D eigenvalue weighted by Crippen LogP contribution is -2.45. The highest BCUT2D eigenvalue weighted by atomic mass is 35.5. The molecule has 3 aromatic rings. The van der Waals surface area contributed by atoms with Crippen molar-refractivity contribution < 1.29 is 19.1 Å². The summed E-state index contributed by atoms with van der Waals surface area (Å²) >= 11 is 6.06. The van der Waals surface area contributed by atoms with Crippen LogP contribution in [-0.4, -0.2) is 42.6 Å². The molecule has 0 radical (unpaired) electrons. The highest BCUT2D eigenvalue weighted by Gasteiger charge is 2.31. The van der Waals surface area contributed by atoms with Gasteiger partial charge in [0, 0.05) is 24.7 Å². The Labute approximate surface area is 218 Å². The topological polar surface area (TPSA) is 67.9 Å². The third-order valence-electron chi connectivity index (χ3n) is 5.44. The first-order chi connectivity index (χ1) is 17.4. The van der Waals surface area contributed by atoms with Crippen LogP contribution in [0.5, 0.6) is 5.75 Å². The standard InChI is InChI=1S/C29H33ClN2O4/c1-22(2)35-19-9-18-31-29(34)28(24-10-5-3-6-11-24)32(20-23-14-16-25(30)17-15-23)27(33)21-36-26-12-7-4-8-13-26/h3-8,10-17,22,28H,9,18-21H2,1-2H3,(H,31,34)/t28-/m1/s1. The van der Waals surface area contributed by atoms with E-state index in [0.717, 1.165) is 11.1 Å². The Morgan fingerprint density at radius 1 is 0.917 bits per heavy atom. The summed E-state index contributed by atoms with van der Waals surface area (Å²) < 4.78 is 11.3. The Kier molecular flexibility index (Phi) is 10.8. The molecule has 0 saturated carbocycles. The molecule has 2 amide bonds. The fourth-order valence-corrected chi connectivity index (χ4v) is 3.79. The van der Waals surface area contributed by atoms with Crippen LogP contribution in [-0.2, 0) is 20.9 Å². The number of nitrogens with one attached hydrogen (secondary N) is 1. The molecule has 0 aromatic heterocycles. The van der Waals surface area contributed by atoms with E-state index >= 15 is 0 Å². The third-order valence-corrected chi connectivity index (χ3v) is 5.69. The van der Waals surface area contributed by atoms with E-state index in [0.29, 0.717) is 30.3 Å². The molecule has 0 aliphatic heterocycles. The minimum absolute atomic E-state index is 0.134. The van der Waals surface area contributed by atoms with Crippen molar-refractivity contribution in [2.24, 2.45) is 0 Å². The maximum absolute atomic E-state index is 13.5. The summed E-state index contributed by atoms with van der Waals surface area (Å²) in [6, 6.07) is 24.9. The van der Waals surface area contributed by atoms with Crippen molar-refractivity contribution in [3.63, 3.8) is 0 Å². The van der Waals surface area contributed by atoms with Gasteiger partial charge in [0.2, 0.25) is 5.91 Å². The second-order valence-corrected chi connectivity index (χ2v) is 9.06. The van der Waals surface area contributed by atoms with Crippen LogP contribution >= 0.6 is 11.6 Å². The van der Waals surface area contributed by atoms with Gasteiger partial charge >= 0.3 is 0 Å². The third kappa shape index (κ3) is 8.70. The minimum Gasteiger partial charge on any atom is -0.484 e. The number of halogens is 1. The zero-order valence-electron chi connectivity index (χ0n) is 20.7. The van der Waals surface area contributed by atoms with E-state index in [1.807, 2.05) is 74.5 Å². The van der Waals surface area contributed by atoms with Crippen molar-refractivity contribution in [3.8, 4) is 5.75 Å². The van der Waals surface area contributed by atoms with Crippen molar-refractivity contribution in [2.75, 3.05) is 19.8 Å². The Bertz CT molecular complexity index is 1080. The maximum atomic E-state index is 13.5. The van der Waals surface area contributed by atoms with Gasteiger partial charge in [-0.05, 0) is 55.7 Å². The number of carbonyl (C=O) groups excluding carboxylic acids is 2. The largest absolute Gasteiger partial charge is 0.484 e.